The van der Waals surface area contributed by atoms with Gasteiger partial charge >= 0.3 is 0 Å². The average molecular weight is 321 g/mol. The van der Waals surface area contributed by atoms with Crippen LogP contribution in [0.3, 0.4) is 0 Å². The topological polar surface area (TPSA) is 46.3 Å². The van der Waals surface area contributed by atoms with Crippen LogP contribution < -0.4 is 5.73 Å². The number of amides is 1. The van der Waals surface area contributed by atoms with E-state index in [1.165, 1.54) is 23.3 Å². The van der Waals surface area contributed by atoms with Crippen molar-refractivity contribution in [3.63, 3.8) is 0 Å². The maximum atomic E-state index is 12.9. The molecule has 122 valence electrons. The Labute approximate surface area is 137 Å². The number of likely N-dealkylation sites (tertiary alicyclic amines) is 1. The zero-order valence-corrected chi connectivity index (χ0v) is 14.9. The first-order valence-corrected chi connectivity index (χ1v) is 9.39. The van der Waals surface area contributed by atoms with Gasteiger partial charge in [-0.15, -0.1) is 11.3 Å². The number of carbonyl (C=O) groups excluding carboxylic acids is 1. The number of nitrogens with zero attached hydrogens (tertiary/aromatic N) is 1. The second kappa shape index (κ2) is 5.88. The van der Waals surface area contributed by atoms with Gasteiger partial charge in [-0.25, -0.2) is 0 Å². The summed E-state index contributed by atoms with van der Waals surface area (Å²) in [5.41, 5.74) is 8.69. The molecule has 1 aliphatic heterocycles. The van der Waals surface area contributed by atoms with Crippen molar-refractivity contribution in [3.8, 4) is 0 Å². The van der Waals surface area contributed by atoms with Gasteiger partial charge in [0.1, 0.15) is 0 Å². The number of fused-ring (bicyclic) bond motifs is 1. The molecule has 0 bridgehead atoms. The maximum Gasteiger partial charge on any atom is 0.257 e. The van der Waals surface area contributed by atoms with E-state index >= 15 is 0 Å². The Hall–Kier alpha value is -1.03. The van der Waals surface area contributed by atoms with E-state index in [1.807, 2.05) is 4.90 Å². The summed E-state index contributed by atoms with van der Waals surface area (Å²) in [6, 6.07) is 0. The second-order valence-corrected chi connectivity index (χ2v) is 9.04. The van der Waals surface area contributed by atoms with Crippen LogP contribution in [0, 0.1) is 11.3 Å². The van der Waals surface area contributed by atoms with Gasteiger partial charge in [0.2, 0.25) is 0 Å². The lowest BCUT2D eigenvalue weighted by molar-refractivity contribution is 0.0724. The summed E-state index contributed by atoms with van der Waals surface area (Å²) in [6.45, 7) is 8.75. The van der Waals surface area contributed by atoms with Crippen LogP contribution in [0.1, 0.15) is 67.3 Å². The largest absolute Gasteiger partial charge is 0.390 e. The highest BCUT2D eigenvalue weighted by molar-refractivity contribution is 7.16. The summed E-state index contributed by atoms with van der Waals surface area (Å²) in [6.07, 6.45) is 6.77. The number of thiophene rings is 1. The third kappa shape index (κ3) is 2.90. The zero-order chi connectivity index (χ0) is 15.9. The number of hydrogen-bond acceptors (Lipinski definition) is 3. The first-order valence-electron chi connectivity index (χ1n) is 8.57. The molecule has 2 N–H and O–H groups in total. The third-order valence-electron chi connectivity index (χ3n) is 5.37. The molecular weight excluding hydrogens is 292 g/mol. The van der Waals surface area contributed by atoms with Crippen molar-refractivity contribution in [1.82, 2.24) is 4.90 Å². The Bertz CT molecular complexity index is 564. The Morgan fingerprint density at radius 2 is 1.91 bits per heavy atom. The standard InChI is InChI=1S/C18H28N2OS/c1-18(2,3)12-7-8-13-14(11-12)22-16(19)15(13)17(21)20-9-5-4-6-10-20/h12H,4-11,19H2,1-3H3. The Morgan fingerprint density at radius 1 is 1.23 bits per heavy atom. The Morgan fingerprint density at radius 3 is 2.55 bits per heavy atom. The van der Waals surface area contributed by atoms with Crippen LogP contribution >= 0.6 is 11.3 Å². The number of rotatable bonds is 1. The molecule has 1 aromatic heterocycles. The summed E-state index contributed by atoms with van der Waals surface area (Å²) in [7, 11) is 0. The lowest BCUT2D eigenvalue weighted by atomic mass is 9.72. The van der Waals surface area contributed by atoms with Gasteiger partial charge in [0.15, 0.2) is 0 Å². The van der Waals surface area contributed by atoms with E-state index < -0.39 is 0 Å². The van der Waals surface area contributed by atoms with E-state index in [2.05, 4.69) is 20.8 Å². The fourth-order valence-corrected chi connectivity index (χ4v) is 5.03. The second-order valence-electron chi connectivity index (χ2n) is 7.90. The number of nitrogens with two attached hydrogens (primary N) is 1. The van der Waals surface area contributed by atoms with E-state index in [0.29, 0.717) is 11.3 Å². The Balaban J connectivity index is 1.86. The van der Waals surface area contributed by atoms with Crippen molar-refractivity contribution >= 4 is 22.2 Å². The van der Waals surface area contributed by atoms with Crippen LogP contribution in [-0.4, -0.2) is 23.9 Å². The van der Waals surface area contributed by atoms with Crippen molar-refractivity contribution in [1.29, 1.82) is 0 Å². The van der Waals surface area contributed by atoms with Gasteiger partial charge in [-0.1, -0.05) is 20.8 Å². The highest BCUT2D eigenvalue weighted by Gasteiger charge is 2.34. The highest BCUT2D eigenvalue weighted by Crippen LogP contribution is 2.43. The van der Waals surface area contributed by atoms with Crippen molar-refractivity contribution in [2.75, 3.05) is 18.8 Å². The summed E-state index contributed by atoms with van der Waals surface area (Å²) < 4.78 is 0. The first kappa shape index (κ1) is 15.9. The predicted octanol–water partition coefficient (Wildman–Crippen LogP) is 4.11. The minimum absolute atomic E-state index is 0.184. The average Bonchev–Trinajstić information content (AvgIpc) is 2.81. The molecule has 2 heterocycles. The summed E-state index contributed by atoms with van der Waals surface area (Å²) in [5, 5.41) is 0.745. The molecule has 1 fully saturated rings. The van der Waals surface area contributed by atoms with Gasteiger partial charge in [0.25, 0.3) is 5.91 Å². The Kier molecular flexibility index (Phi) is 4.23. The number of piperidine rings is 1. The highest BCUT2D eigenvalue weighted by atomic mass is 32.1. The smallest absolute Gasteiger partial charge is 0.257 e. The molecule has 1 atom stereocenters. The number of hydrogen-bond donors (Lipinski definition) is 1. The predicted molar refractivity (Wildman–Crippen MR) is 93.5 cm³/mol. The quantitative estimate of drug-likeness (QED) is 0.846. The summed E-state index contributed by atoms with van der Waals surface area (Å²) >= 11 is 1.66. The van der Waals surface area contributed by atoms with Gasteiger partial charge in [0.05, 0.1) is 10.6 Å². The SMILES string of the molecule is CC(C)(C)C1CCc2c(sc(N)c2C(=O)N2CCCCC2)C1. The molecule has 3 rings (SSSR count). The molecule has 4 heteroatoms. The summed E-state index contributed by atoms with van der Waals surface area (Å²) in [5.74, 6) is 0.875. The molecule has 1 unspecified atom stereocenters. The van der Waals surface area contributed by atoms with Crippen LogP contribution in [0.25, 0.3) is 0 Å². The molecule has 1 amide bonds. The molecule has 3 nitrogen and oxygen atoms in total. The summed E-state index contributed by atoms with van der Waals surface area (Å²) in [4.78, 5) is 16.3. The lowest BCUT2D eigenvalue weighted by Crippen LogP contribution is -2.36. The van der Waals surface area contributed by atoms with Crippen LogP contribution in [0.2, 0.25) is 0 Å². The first-order chi connectivity index (χ1) is 10.4. The van der Waals surface area contributed by atoms with Gasteiger partial charge in [-0.05, 0) is 55.4 Å². The fourth-order valence-electron chi connectivity index (χ4n) is 3.84. The van der Waals surface area contributed by atoms with E-state index in [0.717, 1.165) is 49.3 Å². The molecule has 1 aliphatic carbocycles. The molecule has 0 aromatic carbocycles. The zero-order valence-electron chi connectivity index (χ0n) is 14.1. The molecule has 0 saturated carbocycles. The van der Waals surface area contributed by atoms with Crippen LogP contribution in [0.4, 0.5) is 5.00 Å². The minimum Gasteiger partial charge on any atom is -0.390 e. The van der Waals surface area contributed by atoms with Crippen molar-refractivity contribution in [2.24, 2.45) is 11.3 Å². The van der Waals surface area contributed by atoms with Crippen molar-refractivity contribution in [2.45, 2.75) is 59.3 Å². The number of carbonyl (C=O) groups is 1. The van der Waals surface area contributed by atoms with Crippen molar-refractivity contribution < 1.29 is 4.79 Å². The third-order valence-corrected chi connectivity index (χ3v) is 6.46. The van der Waals surface area contributed by atoms with E-state index in [-0.39, 0.29) is 5.91 Å². The monoisotopic (exact) mass is 320 g/mol. The molecular formula is C18H28N2OS. The molecule has 1 saturated heterocycles. The molecule has 1 aromatic rings. The van der Waals surface area contributed by atoms with Crippen molar-refractivity contribution in [3.05, 3.63) is 16.0 Å². The van der Waals surface area contributed by atoms with Crippen LogP contribution in [-0.2, 0) is 12.8 Å². The van der Waals surface area contributed by atoms with Gasteiger partial charge in [-0.3, -0.25) is 4.79 Å². The lowest BCUT2D eigenvalue weighted by Gasteiger charge is -2.34. The van der Waals surface area contributed by atoms with Crippen LogP contribution in [0.5, 0.6) is 0 Å². The fraction of sp³-hybridized carbons (Fsp3) is 0.722. The maximum absolute atomic E-state index is 12.9. The van der Waals surface area contributed by atoms with Gasteiger partial charge in [0, 0.05) is 18.0 Å². The van der Waals surface area contributed by atoms with Gasteiger partial charge in [-0.2, -0.15) is 0 Å². The van der Waals surface area contributed by atoms with Crippen LogP contribution in [0.15, 0.2) is 0 Å². The normalized spacial score (nSPS) is 22.5. The van der Waals surface area contributed by atoms with Gasteiger partial charge < -0.3 is 10.6 Å². The van der Waals surface area contributed by atoms with E-state index in [9.17, 15) is 4.79 Å². The molecule has 22 heavy (non-hydrogen) atoms. The molecule has 2 aliphatic rings. The minimum atomic E-state index is 0.184. The molecule has 0 radical (unpaired) electrons. The number of nitrogen functional groups attached to an aromatic ring is 1. The van der Waals surface area contributed by atoms with E-state index in [4.69, 9.17) is 5.73 Å². The molecule has 0 spiro atoms. The van der Waals surface area contributed by atoms with E-state index in [1.54, 1.807) is 11.3 Å². The number of anilines is 1.